The van der Waals surface area contributed by atoms with E-state index in [1.165, 1.54) is 0 Å². The molecule has 2 N–H and O–H groups in total. The van der Waals surface area contributed by atoms with Gasteiger partial charge < -0.3 is 10.5 Å². The number of nitrogens with zero attached hydrogens (tertiary/aromatic N) is 2. The molecule has 6 heteroatoms. The van der Waals surface area contributed by atoms with Crippen LogP contribution in [0.15, 0.2) is 47.1 Å². The third-order valence-electron chi connectivity index (χ3n) is 2.90. The van der Waals surface area contributed by atoms with Crippen molar-refractivity contribution < 1.29 is 4.74 Å². The minimum Gasteiger partial charge on any atom is -0.494 e. The molecule has 3 aromatic rings. The molecule has 0 bridgehead atoms. The lowest BCUT2D eigenvalue weighted by Gasteiger charge is -2.06. The van der Waals surface area contributed by atoms with E-state index in [-0.39, 0.29) is 0 Å². The average Bonchev–Trinajstić information content (AvgIpc) is 2.98. The molecule has 0 saturated heterocycles. The highest BCUT2D eigenvalue weighted by molar-refractivity contribution is 7.99. The van der Waals surface area contributed by atoms with Crippen LogP contribution in [0.5, 0.6) is 5.75 Å². The van der Waals surface area contributed by atoms with Crippen LogP contribution in [-0.2, 0) is 0 Å². The van der Waals surface area contributed by atoms with E-state index in [0.717, 1.165) is 38.9 Å². The Kier molecular flexibility index (Phi) is 4.57. The Hall–Kier alpha value is -1.79. The summed E-state index contributed by atoms with van der Waals surface area (Å²) in [4.78, 5) is 9.65. The lowest BCUT2D eigenvalue weighted by molar-refractivity contribution is 0.319. The van der Waals surface area contributed by atoms with Crippen LogP contribution >= 0.6 is 23.1 Å². The molecule has 108 valence electrons. The Morgan fingerprint density at radius 3 is 2.86 bits per heavy atom. The number of thiophene rings is 1. The Morgan fingerprint density at radius 1 is 1.14 bits per heavy atom. The van der Waals surface area contributed by atoms with Gasteiger partial charge in [0, 0.05) is 16.8 Å². The minimum absolute atomic E-state index is 0.689. The normalized spacial score (nSPS) is 10.9. The molecule has 21 heavy (non-hydrogen) atoms. The summed E-state index contributed by atoms with van der Waals surface area (Å²) in [6.45, 7) is 0.689. The number of rotatable bonds is 6. The highest BCUT2D eigenvalue weighted by Crippen LogP contribution is 2.27. The van der Waals surface area contributed by atoms with E-state index >= 15 is 0 Å². The summed E-state index contributed by atoms with van der Waals surface area (Å²) in [5.74, 6) is 1.83. The lowest BCUT2D eigenvalue weighted by Crippen LogP contribution is -1.99. The molecule has 0 aliphatic rings. The molecule has 0 saturated carbocycles. The summed E-state index contributed by atoms with van der Waals surface area (Å²) in [5.41, 5.74) is 6.39. The second-order valence-corrected chi connectivity index (χ2v) is 6.42. The number of ether oxygens (including phenoxy) is 1. The topological polar surface area (TPSA) is 61.0 Å². The Labute approximate surface area is 131 Å². The molecule has 4 nitrogen and oxygen atoms in total. The zero-order valence-electron chi connectivity index (χ0n) is 11.4. The van der Waals surface area contributed by atoms with Crippen LogP contribution in [0.4, 0.5) is 5.69 Å². The highest BCUT2D eigenvalue weighted by atomic mass is 32.2. The maximum absolute atomic E-state index is 5.67. The minimum atomic E-state index is 0.689. The first-order valence-electron chi connectivity index (χ1n) is 6.62. The van der Waals surface area contributed by atoms with Crippen molar-refractivity contribution in [3.63, 3.8) is 0 Å². The first kappa shape index (κ1) is 14.2. The number of nitrogen functional groups attached to an aromatic ring is 1. The Bertz CT molecular complexity index is 712. The van der Waals surface area contributed by atoms with Crippen molar-refractivity contribution in [3.8, 4) is 5.75 Å². The molecular formula is C15H15N3OS2. The SMILES string of the molecule is Nc1ccc(OCCCSc2ncnc3sccc23)cc1. The van der Waals surface area contributed by atoms with E-state index < -0.39 is 0 Å². The van der Waals surface area contributed by atoms with Gasteiger partial charge in [-0.3, -0.25) is 0 Å². The first-order valence-corrected chi connectivity index (χ1v) is 8.49. The van der Waals surface area contributed by atoms with Crippen molar-refractivity contribution >= 4 is 39.0 Å². The van der Waals surface area contributed by atoms with E-state index in [9.17, 15) is 0 Å². The number of thioether (sulfide) groups is 1. The molecule has 2 heterocycles. The van der Waals surface area contributed by atoms with Gasteiger partial charge in [0.05, 0.1) is 6.61 Å². The molecule has 2 aromatic heterocycles. The lowest BCUT2D eigenvalue weighted by atomic mass is 10.3. The molecule has 1 aromatic carbocycles. The number of fused-ring (bicyclic) bond motifs is 1. The number of anilines is 1. The summed E-state index contributed by atoms with van der Waals surface area (Å²) in [5, 5.41) is 4.24. The molecule has 0 atom stereocenters. The summed E-state index contributed by atoms with van der Waals surface area (Å²) in [6, 6.07) is 9.55. The van der Waals surface area contributed by atoms with E-state index in [4.69, 9.17) is 10.5 Å². The van der Waals surface area contributed by atoms with E-state index in [0.29, 0.717) is 6.61 Å². The number of hydrogen-bond donors (Lipinski definition) is 1. The zero-order chi connectivity index (χ0) is 14.5. The highest BCUT2D eigenvalue weighted by Gasteiger charge is 2.05. The molecule has 0 aliphatic heterocycles. The van der Waals surface area contributed by atoms with Gasteiger partial charge in [-0.15, -0.1) is 23.1 Å². The number of hydrogen-bond acceptors (Lipinski definition) is 6. The van der Waals surface area contributed by atoms with Crippen molar-refractivity contribution in [3.05, 3.63) is 42.0 Å². The molecule has 0 amide bonds. The van der Waals surface area contributed by atoms with Crippen LogP contribution in [0.25, 0.3) is 10.2 Å². The summed E-state index contributed by atoms with van der Waals surface area (Å²) < 4.78 is 5.67. The van der Waals surface area contributed by atoms with Gasteiger partial charge in [0.25, 0.3) is 0 Å². The first-order chi connectivity index (χ1) is 10.3. The van der Waals surface area contributed by atoms with Crippen molar-refractivity contribution in [1.82, 2.24) is 9.97 Å². The standard InChI is InChI=1S/C15H15N3OS2/c16-11-2-4-12(5-3-11)19-7-1-8-20-14-13-6-9-21-15(13)18-10-17-14/h2-6,9-10H,1,7-8,16H2. The quantitative estimate of drug-likeness (QED) is 0.324. The molecule has 3 rings (SSSR count). The van der Waals surface area contributed by atoms with Gasteiger partial charge in [0.1, 0.15) is 21.9 Å². The van der Waals surface area contributed by atoms with Crippen molar-refractivity contribution in [2.45, 2.75) is 11.4 Å². The fourth-order valence-corrected chi connectivity index (χ4v) is 3.56. The van der Waals surface area contributed by atoms with Crippen molar-refractivity contribution in [2.75, 3.05) is 18.1 Å². The van der Waals surface area contributed by atoms with Gasteiger partial charge in [0.15, 0.2) is 0 Å². The second kappa shape index (κ2) is 6.78. The number of nitrogens with two attached hydrogens (primary N) is 1. The second-order valence-electron chi connectivity index (χ2n) is 4.44. The number of benzene rings is 1. The maximum Gasteiger partial charge on any atom is 0.127 e. The van der Waals surface area contributed by atoms with E-state index in [1.807, 2.05) is 29.6 Å². The van der Waals surface area contributed by atoms with Gasteiger partial charge in [-0.2, -0.15) is 0 Å². The fraction of sp³-hybridized carbons (Fsp3) is 0.200. The summed E-state index contributed by atoms with van der Waals surface area (Å²) in [7, 11) is 0. The monoisotopic (exact) mass is 317 g/mol. The van der Waals surface area contributed by atoms with Crippen LogP contribution in [0, 0.1) is 0 Å². The van der Waals surface area contributed by atoms with Crippen LogP contribution < -0.4 is 10.5 Å². The van der Waals surface area contributed by atoms with Crippen LogP contribution in [0.1, 0.15) is 6.42 Å². The molecular weight excluding hydrogens is 302 g/mol. The zero-order valence-corrected chi connectivity index (χ0v) is 13.0. The largest absolute Gasteiger partial charge is 0.494 e. The Morgan fingerprint density at radius 2 is 2.00 bits per heavy atom. The molecule has 0 spiro atoms. The van der Waals surface area contributed by atoms with Crippen LogP contribution in [-0.4, -0.2) is 22.3 Å². The van der Waals surface area contributed by atoms with Gasteiger partial charge in [-0.25, -0.2) is 9.97 Å². The van der Waals surface area contributed by atoms with Crippen molar-refractivity contribution in [1.29, 1.82) is 0 Å². The predicted molar refractivity (Wildman–Crippen MR) is 89.1 cm³/mol. The van der Waals surface area contributed by atoms with Gasteiger partial charge in [0.2, 0.25) is 0 Å². The van der Waals surface area contributed by atoms with Gasteiger partial charge in [-0.1, -0.05) is 0 Å². The third-order valence-corrected chi connectivity index (χ3v) is 4.81. The summed E-state index contributed by atoms with van der Waals surface area (Å²) in [6.07, 6.45) is 2.59. The third kappa shape index (κ3) is 3.65. The number of aromatic nitrogens is 2. The molecule has 0 aliphatic carbocycles. The van der Waals surface area contributed by atoms with E-state index in [2.05, 4.69) is 16.0 Å². The van der Waals surface area contributed by atoms with Gasteiger partial charge in [-0.05, 0) is 42.1 Å². The molecule has 0 fully saturated rings. The maximum atomic E-state index is 5.67. The van der Waals surface area contributed by atoms with E-state index in [1.54, 1.807) is 29.4 Å². The van der Waals surface area contributed by atoms with Crippen LogP contribution in [0.2, 0.25) is 0 Å². The average molecular weight is 317 g/mol. The smallest absolute Gasteiger partial charge is 0.127 e. The van der Waals surface area contributed by atoms with Crippen molar-refractivity contribution in [2.24, 2.45) is 0 Å². The summed E-state index contributed by atoms with van der Waals surface area (Å²) >= 11 is 3.39. The fourth-order valence-electron chi connectivity index (χ4n) is 1.86. The van der Waals surface area contributed by atoms with Gasteiger partial charge >= 0.3 is 0 Å². The molecule has 0 radical (unpaired) electrons. The predicted octanol–water partition coefficient (Wildman–Crippen LogP) is 3.83. The molecule has 0 unspecified atom stereocenters. The Balaban J connectivity index is 1.46. The van der Waals surface area contributed by atoms with Crippen LogP contribution in [0.3, 0.4) is 0 Å².